The van der Waals surface area contributed by atoms with Gasteiger partial charge in [0.05, 0.1) is 18.4 Å². The van der Waals surface area contributed by atoms with Crippen LogP contribution in [0.15, 0.2) is 24.3 Å². The minimum absolute atomic E-state index is 0.0823. The molecule has 5 nitrogen and oxygen atoms in total. The number of nitrogens with two attached hydrogens (primary N) is 1. The number of anilines is 1. The summed E-state index contributed by atoms with van der Waals surface area (Å²) in [5.41, 5.74) is 6.45. The standard InChI is InChI=1S/C10H14N2O3/c1-12(15-7-11)9-5-3-4-8(6-9)10(13)14-2/h3-6H,7,11H2,1-2H3. The molecule has 82 valence electrons. The van der Waals surface area contributed by atoms with Crippen LogP contribution in [0.5, 0.6) is 0 Å². The first kappa shape index (κ1) is 11.5. The van der Waals surface area contributed by atoms with Gasteiger partial charge in [0.25, 0.3) is 0 Å². The summed E-state index contributed by atoms with van der Waals surface area (Å²) in [6.07, 6.45) is 0. The summed E-state index contributed by atoms with van der Waals surface area (Å²) >= 11 is 0. The fraction of sp³-hybridized carbons (Fsp3) is 0.300. The van der Waals surface area contributed by atoms with Gasteiger partial charge in [-0.3, -0.25) is 9.90 Å². The van der Waals surface area contributed by atoms with E-state index in [1.807, 2.05) is 6.07 Å². The summed E-state index contributed by atoms with van der Waals surface area (Å²) in [4.78, 5) is 16.3. The van der Waals surface area contributed by atoms with Gasteiger partial charge in [-0.05, 0) is 18.2 Å². The molecule has 0 saturated heterocycles. The first-order valence-corrected chi connectivity index (χ1v) is 4.44. The average molecular weight is 210 g/mol. The third-order valence-electron chi connectivity index (χ3n) is 1.90. The average Bonchev–Trinajstić information content (AvgIpc) is 2.28. The Balaban J connectivity index is 2.87. The van der Waals surface area contributed by atoms with E-state index in [0.717, 1.165) is 5.69 Å². The molecule has 1 rings (SSSR count). The van der Waals surface area contributed by atoms with E-state index in [9.17, 15) is 4.79 Å². The van der Waals surface area contributed by atoms with Crippen molar-refractivity contribution in [2.75, 3.05) is 26.0 Å². The first-order valence-electron chi connectivity index (χ1n) is 4.44. The lowest BCUT2D eigenvalue weighted by Crippen LogP contribution is -2.22. The highest BCUT2D eigenvalue weighted by Crippen LogP contribution is 2.15. The molecule has 1 aromatic carbocycles. The maximum atomic E-state index is 11.2. The molecule has 5 heteroatoms. The number of rotatable bonds is 4. The molecule has 0 fully saturated rings. The lowest BCUT2D eigenvalue weighted by molar-refractivity contribution is 0.0600. The summed E-state index contributed by atoms with van der Waals surface area (Å²) < 4.78 is 4.61. The van der Waals surface area contributed by atoms with Gasteiger partial charge < -0.3 is 10.5 Å². The van der Waals surface area contributed by atoms with E-state index in [-0.39, 0.29) is 12.7 Å². The van der Waals surface area contributed by atoms with Crippen LogP contribution in [0.25, 0.3) is 0 Å². The molecule has 0 radical (unpaired) electrons. The number of esters is 1. The third kappa shape index (κ3) is 2.93. The Bertz CT molecular complexity index is 341. The van der Waals surface area contributed by atoms with Crippen molar-refractivity contribution in [1.29, 1.82) is 0 Å². The summed E-state index contributed by atoms with van der Waals surface area (Å²) in [5.74, 6) is -0.377. The summed E-state index contributed by atoms with van der Waals surface area (Å²) in [5, 5.41) is 1.49. The fourth-order valence-electron chi connectivity index (χ4n) is 1.13. The molecule has 0 amide bonds. The second-order valence-electron chi connectivity index (χ2n) is 2.84. The minimum atomic E-state index is -0.377. The number of hydrogen-bond donors (Lipinski definition) is 1. The first-order chi connectivity index (χ1) is 7.19. The number of nitrogens with zero attached hydrogens (tertiary/aromatic N) is 1. The number of benzene rings is 1. The molecule has 15 heavy (non-hydrogen) atoms. The van der Waals surface area contributed by atoms with Gasteiger partial charge in [0.2, 0.25) is 0 Å². The van der Waals surface area contributed by atoms with Crippen LogP contribution >= 0.6 is 0 Å². The number of methoxy groups -OCH3 is 1. The van der Waals surface area contributed by atoms with E-state index >= 15 is 0 Å². The molecule has 0 aliphatic rings. The number of hydrogen-bond acceptors (Lipinski definition) is 5. The van der Waals surface area contributed by atoms with Crippen LogP contribution in [0.3, 0.4) is 0 Å². The highest BCUT2D eigenvalue weighted by Gasteiger charge is 2.07. The molecule has 0 unspecified atom stereocenters. The molecule has 2 N–H and O–H groups in total. The molecule has 0 spiro atoms. The predicted molar refractivity (Wildman–Crippen MR) is 56.3 cm³/mol. The van der Waals surface area contributed by atoms with E-state index in [1.165, 1.54) is 12.2 Å². The Hall–Kier alpha value is -1.59. The highest BCUT2D eigenvalue weighted by molar-refractivity contribution is 5.90. The zero-order valence-electron chi connectivity index (χ0n) is 8.77. The topological polar surface area (TPSA) is 64.8 Å². The van der Waals surface area contributed by atoms with E-state index in [2.05, 4.69) is 4.74 Å². The van der Waals surface area contributed by atoms with Crippen molar-refractivity contribution in [2.24, 2.45) is 5.73 Å². The Kier molecular flexibility index (Phi) is 4.08. The van der Waals surface area contributed by atoms with Crippen molar-refractivity contribution in [3.8, 4) is 0 Å². The minimum Gasteiger partial charge on any atom is -0.465 e. The van der Waals surface area contributed by atoms with Crippen LogP contribution in [-0.2, 0) is 9.57 Å². The molecule has 0 bridgehead atoms. The van der Waals surface area contributed by atoms with Crippen molar-refractivity contribution < 1.29 is 14.4 Å². The van der Waals surface area contributed by atoms with Crippen molar-refractivity contribution >= 4 is 11.7 Å². The largest absolute Gasteiger partial charge is 0.465 e. The van der Waals surface area contributed by atoms with Crippen LogP contribution in [0.2, 0.25) is 0 Å². The van der Waals surface area contributed by atoms with E-state index in [4.69, 9.17) is 10.6 Å². The van der Waals surface area contributed by atoms with Crippen molar-refractivity contribution in [1.82, 2.24) is 0 Å². The second-order valence-corrected chi connectivity index (χ2v) is 2.84. The van der Waals surface area contributed by atoms with Gasteiger partial charge in [-0.25, -0.2) is 4.79 Å². The highest BCUT2D eigenvalue weighted by atomic mass is 16.7. The van der Waals surface area contributed by atoms with Gasteiger partial charge in [-0.1, -0.05) is 6.07 Å². The van der Waals surface area contributed by atoms with E-state index in [0.29, 0.717) is 5.56 Å². The van der Waals surface area contributed by atoms with Gasteiger partial charge in [0.15, 0.2) is 0 Å². The number of hydroxylamine groups is 1. The van der Waals surface area contributed by atoms with Gasteiger partial charge in [-0.2, -0.15) is 0 Å². The maximum absolute atomic E-state index is 11.2. The van der Waals surface area contributed by atoms with Crippen LogP contribution in [0.4, 0.5) is 5.69 Å². The van der Waals surface area contributed by atoms with Crippen molar-refractivity contribution in [2.45, 2.75) is 0 Å². The van der Waals surface area contributed by atoms with Crippen LogP contribution in [-0.4, -0.2) is 26.9 Å². The number of carbonyl (C=O) groups excluding carboxylic acids is 1. The molecular formula is C10H14N2O3. The van der Waals surface area contributed by atoms with Crippen LogP contribution in [0, 0.1) is 0 Å². The summed E-state index contributed by atoms with van der Waals surface area (Å²) in [6, 6.07) is 6.90. The molecule has 0 saturated carbocycles. The summed E-state index contributed by atoms with van der Waals surface area (Å²) in [7, 11) is 3.05. The molecule has 0 aliphatic carbocycles. The molecule has 1 aromatic rings. The van der Waals surface area contributed by atoms with Crippen molar-refractivity contribution in [3.63, 3.8) is 0 Å². The van der Waals surface area contributed by atoms with E-state index in [1.54, 1.807) is 25.2 Å². The monoisotopic (exact) mass is 210 g/mol. The zero-order valence-corrected chi connectivity index (χ0v) is 8.77. The second kappa shape index (κ2) is 5.33. The predicted octanol–water partition coefficient (Wildman–Crippen LogP) is 0.757. The summed E-state index contributed by atoms with van der Waals surface area (Å²) in [6.45, 7) is 0.0823. The van der Waals surface area contributed by atoms with Gasteiger partial charge in [0.1, 0.15) is 6.73 Å². The smallest absolute Gasteiger partial charge is 0.337 e. The zero-order chi connectivity index (χ0) is 11.3. The molecule has 0 aromatic heterocycles. The number of ether oxygens (including phenoxy) is 1. The molecular weight excluding hydrogens is 196 g/mol. The van der Waals surface area contributed by atoms with Crippen LogP contribution < -0.4 is 10.8 Å². The van der Waals surface area contributed by atoms with Crippen molar-refractivity contribution in [3.05, 3.63) is 29.8 Å². The third-order valence-corrected chi connectivity index (χ3v) is 1.90. The Morgan fingerprint density at radius 2 is 2.27 bits per heavy atom. The molecule has 0 aliphatic heterocycles. The van der Waals surface area contributed by atoms with Gasteiger partial charge in [-0.15, -0.1) is 0 Å². The normalized spacial score (nSPS) is 9.80. The van der Waals surface area contributed by atoms with Gasteiger partial charge >= 0.3 is 5.97 Å². The molecule has 0 heterocycles. The lowest BCUT2D eigenvalue weighted by atomic mass is 10.2. The molecule has 0 atom stereocenters. The number of carbonyl (C=O) groups is 1. The fourth-order valence-corrected chi connectivity index (χ4v) is 1.13. The van der Waals surface area contributed by atoms with E-state index < -0.39 is 0 Å². The van der Waals surface area contributed by atoms with Crippen LogP contribution in [0.1, 0.15) is 10.4 Å². The maximum Gasteiger partial charge on any atom is 0.337 e. The Labute approximate surface area is 88.3 Å². The Morgan fingerprint density at radius 3 is 2.87 bits per heavy atom. The Morgan fingerprint density at radius 1 is 1.53 bits per heavy atom. The van der Waals surface area contributed by atoms with Gasteiger partial charge in [0, 0.05) is 7.05 Å². The lowest BCUT2D eigenvalue weighted by Gasteiger charge is -2.17. The SMILES string of the molecule is COC(=O)c1cccc(N(C)OCN)c1. The quantitative estimate of drug-likeness (QED) is 0.451.